The smallest absolute Gasteiger partial charge is 0.251 e. The molecule has 0 bridgehead atoms. The molecule has 2 heterocycles. The van der Waals surface area contributed by atoms with Gasteiger partial charge in [0.05, 0.1) is 30.0 Å². The number of ether oxygens (including phenoxy) is 1. The maximum Gasteiger partial charge on any atom is 0.251 e. The lowest BCUT2D eigenvalue weighted by Crippen LogP contribution is -2.32. The zero-order chi connectivity index (χ0) is 17.4. The monoisotopic (exact) mass is 335 g/mol. The van der Waals surface area contributed by atoms with Crippen molar-refractivity contribution in [3.8, 4) is 5.75 Å². The molecule has 128 valence electrons. The lowest BCUT2D eigenvalue weighted by molar-refractivity contribution is 0.0924. The standard InChI is InChI=1S/C20H21N3O2/c1-3-13-5-4-6-15-16(9-10-25-19(13)15)22-20(24)14-7-8-18-17(11-14)21-12-23(18)2/h4-8,11-12,16H,3,9-10H2,1-2H3,(H,22,24). The summed E-state index contributed by atoms with van der Waals surface area (Å²) in [5.74, 6) is 0.856. The van der Waals surface area contributed by atoms with Gasteiger partial charge in [0, 0.05) is 24.6 Å². The number of carbonyl (C=O) groups excluding carboxylic acids is 1. The van der Waals surface area contributed by atoms with E-state index in [1.54, 1.807) is 6.33 Å². The summed E-state index contributed by atoms with van der Waals surface area (Å²) in [7, 11) is 1.94. The number of hydrogen-bond acceptors (Lipinski definition) is 3. The normalized spacial score (nSPS) is 16.3. The number of para-hydroxylation sites is 1. The lowest BCUT2D eigenvalue weighted by Gasteiger charge is -2.28. The van der Waals surface area contributed by atoms with Gasteiger partial charge in [-0.15, -0.1) is 0 Å². The van der Waals surface area contributed by atoms with E-state index in [1.165, 1.54) is 5.56 Å². The van der Waals surface area contributed by atoms with E-state index in [-0.39, 0.29) is 11.9 Å². The second kappa shape index (κ2) is 6.24. The summed E-state index contributed by atoms with van der Waals surface area (Å²) in [6, 6.07) is 11.8. The van der Waals surface area contributed by atoms with Crippen molar-refractivity contribution in [2.75, 3.05) is 6.61 Å². The maximum atomic E-state index is 12.7. The van der Waals surface area contributed by atoms with Crippen molar-refractivity contribution in [1.29, 1.82) is 0 Å². The maximum absolute atomic E-state index is 12.7. The van der Waals surface area contributed by atoms with Gasteiger partial charge in [-0.2, -0.15) is 0 Å². The Morgan fingerprint density at radius 2 is 2.24 bits per heavy atom. The van der Waals surface area contributed by atoms with Crippen LogP contribution < -0.4 is 10.1 Å². The largest absolute Gasteiger partial charge is 0.493 e. The summed E-state index contributed by atoms with van der Waals surface area (Å²) < 4.78 is 7.80. The van der Waals surface area contributed by atoms with Gasteiger partial charge in [-0.25, -0.2) is 4.98 Å². The van der Waals surface area contributed by atoms with Crippen LogP contribution in [0.5, 0.6) is 5.75 Å². The number of fused-ring (bicyclic) bond motifs is 2. The average molecular weight is 335 g/mol. The number of aryl methyl sites for hydroxylation is 2. The Labute approximate surface area is 146 Å². The molecule has 5 nitrogen and oxygen atoms in total. The molecule has 25 heavy (non-hydrogen) atoms. The van der Waals surface area contributed by atoms with Gasteiger partial charge in [-0.3, -0.25) is 4.79 Å². The average Bonchev–Trinajstić information content (AvgIpc) is 3.02. The molecule has 3 aromatic rings. The fourth-order valence-corrected chi connectivity index (χ4v) is 3.44. The van der Waals surface area contributed by atoms with Crippen molar-refractivity contribution in [2.45, 2.75) is 25.8 Å². The Hall–Kier alpha value is -2.82. The van der Waals surface area contributed by atoms with Gasteiger partial charge in [0.1, 0.15) is 5.75 Å². The Balaban J connectivity index is 1.61. The number of amides is 1. The van der Waals surface area contributed by atoms with E-state index in [0.717, 1.165) is 35.2 Å². The van der Waals surface area contributed by atoms with Gasteiger partial charge in [0.2, 0.25) is 0 Å². The van der Waals surface area contributed by atoms with Crippen LogP contribution in [0.3, 0.4) is 0 Å². The second-order valence-corrected chi connectivity index (χ2v) is 6.41. The lowest BCUT2D eigenvalue weighted by atomic mass is 9.96. The Kier molecular flexibility index (Phi) is 3.92. The molecule has 1 aliphatic heterocycles. The van der Waals surface area contributed by atoms with Crippen molar-refractivity contribution < 1.29 is 9.53 Å². The molecular weight excluding hydrogens is 314 g/mol. The van der Waals surface area contributed by atoms with E-state index in [2.05, 4.69) is 23.3 Å². The summed E-state index contributed by atoms with van der Waals surface area (Å²) in [6.45, 7) is 2.73. The molecule has 1 N–H and O–H groups in total. The molecule has 5 heteroatoms. The van der Waals surface area contributed by atoms with Gasteiger partial charge in [-0.05, 0) is 30.2 Å². The SMILES string of the molecule is CCc1cccc2c1OCCC2NC(=O)c1ccc2c(c1)ncn2C. The van der Waals surface area contributed by atoms with Gasteiger partial charge >= 0.3 is 0 Å². The number of imidazole rings is 1. The quantitative estimate of drug-likeness (QED) is 0.798. The Morgan fingerprint density at radius 1 is 1.36 bits per heavy atom. The zero-order valence-electron chi connectivity index (χ0n) is 14.5. The molecule has 1 aliphatic rings. The van der Waals surface area contributed by atoms with Gasteiger partial charge in [-0.1, -0.05) is 25.1 Å². The Bertz CT molecular complexity index is 945. The highest BCUT2D eigenvalue weighted by atomic mass is 16.5. The summed E-state index contributed by atoms with van der Waals surface area (Å²) in [4.78, 5) is 17.1. The Morgan fingerprint density at radius 3 is 3.08 bits per heavy atom. The van der Waals surface area contributed by atoms with E-state index < -0.39 is 0 Å². The van der Waals surface area contributed by atoms with E-state index in [1.807, 2.05) is 41.9 Å². The number of benzene rings is 2. The van der Waals surface area contributed by atoms with Crippen molar-refractivity contribution in [1.82, 2.24) is 14.9 Å². The van der Waals surface area contributed by atoms with Crippen LogP contribution in [0.25, 0.3) is 11.0 Å². The van der Waals surface area contributed by atoms with Crippen LogP contribution in [0, 0.1) is 0 Å². The molecule has 0 radical (unpaired) electrons. The molecule has 0 fully saturated rings. The summed E-state index contributed by atoms with van der Waals surface area (Å²) in [5, 5.41) is 3.16. The molecule has 0 spiro atoms. The summed E-state index contributed by atoms with van der Waals surface area (Å²) in [5.41, 5.74) is 4.73. The molecule has 0 saturated carbocycles. The molecule has 4 rings (SSSR count). The number of nitrogens with one attached hydrogen (secondary N) is 1. The minimum Gasteiger partial charge on any atom is -0.493 e. The summed E-state index contributed by atoms with van der Waals surface area (Å²) in [6.07, 6.45) is 3.45. The molecule has 2 aromatic carbocycles. The summed E-state index contributed by atoms with van der Waals surface area (Å²) >= 11 is 0. The van der Waals surface area contributed by atoms with Crippen LogP contribution in [-0.2, 0) is 13.5 Å². The molecule has 1 amide bonds. The third kappa shape index (κ3) is 2.76. The van der Waals surface area contributed by atoms with Crippen LogP contribution in [0.1, 0.15) is 40.9 Å². The first-order chi connectivity index (χ1) is 12.2. The number of hydrogen-bond donors (Lipinski definition) is 1. The highest BCUT2D eigenvalue weighted by molar-refractivity contribution is 5.97. The van der Waals surface area contributed by atoms with Gasteiger partial charge in [0.25, 0.3) is 5.91 Å². The van der Waals surface area contributed by atoms with Gasteiger partial charge in [0.15, 0.2) is 0 Å². The van der Waals surface area contributed by atoms with Crippen molar-refractivity contribution in [2.24, 2.45) is 7.05 Å². The molecule has 0 saturated heterocycles. The van der Waals surface area contributed by atoms with Crippen molar-refractivity contribution >= 4 is 16.9 Å². The zero-order valence-corrected chi connectivity index (χ0v) is 14.5. The van der Waals surface area contributed by atoms with Crippen LogP contribution in [0.2, 0.25) is 0 Å². The number of aromatic nitrogens is 2. The molecule has 1 atom stereocenters. The number of rotatable bonds is 3. The topological polar surface area (TPSA) is 56.1 Å². The van der Waals surface area contributed by atoms with Gasteiger partial charge < -0.3 is 14.6 Å². The van der Waals surface area contributed by atoms with E-state index >= 15 is 0 Å². The van der Waals surface area contributed by atoms with E-state index in [4.69, 9.17) is 4.74 Å². The van der Waals surface area contributed by atoms with Crippen molar-refractivity contribution in [3.05, 3.63) is 59.4 Å². The highest BCUT2D eigenvalue weighted by Gasteiger charge is 2.25. The highest BCUT2D eigenvalue weighted by Crippen LogP contribution is 2.35. The van der Waals surface area contributed by atoms with Crippen molar-refractivity contribution in [3.63, 3.8) is 0 Å². The minimum atomic E-state index is -0.0766. The predicted molar refractivity (Wildman–Crippen MR) is 96.9 cm³/mol. The first-order valence-electron chi connectivity index (χ1n) is 8.64. The molecular formula is C20H21N3O2. The predicted octanol–water partition coefficient (Wildman–Crippen LogP) is 3.39. The molecule has 0 aliphatic carbocycles. The first kappa shape index (κ1) is 15.7. The second-order valence-electron chi connectivity index (χ2n) is 6.41. The van der Waals surface area contributed by atoms with Crippen LogP contribution in [-0.4, -0.2) is 22.1 Å². The number of carbonyl (C=O) groups is 1. The third-order valence-corrected chi connectivity index (χ3v) is 4.83. The van der Waals surface area contributed by atoms with Crippen LogP contribution >= 0.6 is 0 Å². The van der Waals surface area contributed by atoms with Crippen LogP contribution in [0.15, 0.2) is 42.7 Å². The van der Waals surface area contributed by atoms with E-state index in [0.29, 0.717) is 12.2 Å². The third-order valence-electron chi connectivity index (χ3n) is 4.83. The first-order valence-corrected chi connectivity index (χ1v) is 8.64. The molecule has 1 aromatic heterocycles. The number of nitrogens with zero attached hydrogens (tertiary/aromatic N) is 2. The van der Waals surface area contributed by atoms with E-state index in [9.17, 15) is 4.79 Å². The fourth-order valence-electron chi connectivity index (χ4n) is 3.44. The van der Waals surface area contributed by atoms with Crippen LogP contribution in [0.4, 0.5) is 0 Å². The molecule has 1 unspecified atom stereocenters. The minimum absolute atomic E-state index is 0.0258. The fraction of sp³-hybridized carbons (Fsp3) is 0.300.